The average Bonchev–Trinajstić information content (AvgIpc) is 3.44. The number of methoxy groups -OCH3 is 1. The number of carbonyl (C=O) groups excluding carboxylic acids is 4. The number of ketones is 1. The van der Waals surface area contributed by atoms with E-state index in [1.165, 1.54) is 50.4 Å². The smallest absolute Gasteiger partial charge is 0.308 e. The predicted molar refractivity (Wildman–Crippen MR) is 147 cm³/mol. The number of para-hydroxylation sites is 1. The van der Waals surface area contributed by atoms with E-state index < -0.39 is 52.4 Å². The van der Waals surface area contributed by atoms with Gasteiger partial charge in [0.05, 0.1) is 29.9 Å². The fourth-order valence-corrected chi connectivity index (χ4v) is 6.04. The second-order valence-electron chi connectivity index (χ2n) is 9.92. The molecule has 11 heteroatoms. The van der Waals surface area contributed by atoms with Crippen LogP contribution < -0.4 is 19.3 Å². The molecule has 0 bridgehead atoms. The van der Waals surface area contributed by atoms with Crippen molar-refractivity contribution in [3.8, 4) is 11.5 Å². The third-order valence-corrected chi connectivity index (χ3v) is 7.70. The first-order valence-corrected chi connectivity index (χ1v) is 12.8. The van der Waals surface area contributed by atoms with E-state index in [4.69, 9.17) is 9.47 Å². The normalized spacial score (nSPS) is 22.2. The summed E-state index contributed by atoms with van der Waals surface area (Å²) in [6.45, 7) is 1.27. The second-order valence-corrected chi connectivity index (χ2v) is 9.92. The van der Waals surface area contributed by atoms with Gasteiger partial charge in [-0.25, -0.2) is 4.90 Å². The van der Waals surface area contributed by atoms with E-state index in [0.29, 0.717) is 5.69 Å². The first kappa shape index (κ1) is 25.9. The van der Waals surface area contributed by atoms with Crippen molar-refractivity contribution in [2.24, 2.45) is 11.8 Å². The Morgan fingerprint density at radius 1 is 0.927 bits per heavy atom. The minimum Gasteiger partial charge on any atom is -0.495 e. The van der Waals surface area contributed by atoms with E-state index in [-0.39, 0.29) is 28.4 Å². The number of carbonyl (C=O) groups is 4. The van der Waals surface area contributed by atoms with Gasteiger partial charge in [-0.3, -0.25) is 29.3 Å². The zero-order valence-corrected chi connectivity index (χ0v) is 21.9. The Balaban J connectivity index is 1.46. The van der Waals surface area contributed by atoms with Crippen molar-refractivity contribution in [3.05, 3.63) is 94.0 Å². The lowest BCUT2D eigenvalue weighted by Crippen LogP contribution is -2.48. The number of nitro groups is 1. The van der Waals surface area contributed by atoms with Crippen molar-refractivity contribution in [3.63, 3.8) is 0 Å². The monoisotopic (exact) mass is 553 g/mol. The summed E-state index contributed by atoms with van der Waals surface area (Å²) in [5, 5.41) is 11.5. The van der Waals surface area contributed by atoms with Gasteiger partial charge in [0.25, 0.3) is 5.69 Å². The van der Waals surface area contributed by atoms with E-state index in [2.05, 4.69) is 0 Å². The maximum Gasteiger partial charge on any atom is 0.308 e. The number of rotatable bonds is 6. The molecule has 41 heavy (non-hydrogen) atoms. The minimum absolute atomic E-state index is 0.0465. The van der Waals surface area contributed by atoms with E-state index in [1.54, 1.807) is 0 Å². The molecule has 3 aromatic rings. The molecule has 3 aromatic carbocycles. The number of Topliss-reactive ketones (excluding diaryl/α,β-unsaturated/α-hetero) is 1. The summed E-state index contributed by atoms with van der Waals surface area (Å²) in [6.07, 6.45) is 3.68. The molecule has 0 aromatic heterocycles. The molecule has 0 radical (unpaired) electrons. The van der Waals surface area contributed by atoms with Gasteiger partial charge in [0.1, 0.15) is 23.2 Å². The number of imide groups is 1. The van der Waals surface area contributed by atoms with Crippen LogP contribution in [-0.2, 0) is 14.4 Å². The number of nitrogens with zero attached hydrogens (tertiary/aromatic N) is 3. The van der Waals surface area contributed by atoms with E-state index in [9.17, 15) is 29.3 Å². The number of anilines is 2. The van der Waals surface area contributed by atoms with Crippen LogP contribution in [0.5, 0.6) is 11.5 Å². The van der Waals surface area contributed by atoms with E-state index >= 15 is 0 Å². The van der Waals surface area contributed by atoms with Gasteiger partial charge in [0.2, 0.25) is 11.8 Å². The largest absolute Gasteiger partial charge is 0.495 e. The molecule has 0 saturated carbocycles. The SMILES string of the molecule is COc1ccc([N+](=O)[O-])cc1N1C(=O)[C@@H]2[C@H](C1=O)[C@H]1C=Cc3ccccc3N1[C@@H]2C(=O)c1ccc(OC(C)=O)cc1. The summed E-state index contributed by atoms with van der Waals surface area (Å²) >= 11 is 0. The Bertz CT molecular complexity index is 1660. The lowest BCUT2D eigenvalue weighted by molar-refractivity contribution is -0.384. The molecule has 206 valence electrons. The van der Waals surface area contributed by atoms with Gasteiger partial charge in [-0.1, -0.05) is 30.4 Å². The number of benzene rings is 3. The zero-order chi connectivity index (χ0) is 29.0. The van der Waals surface area contributed by atoms with Crippen LogP contribution in [-0.4, -0.2) is 47.7 Å². The molecule has 2 saturated heterocycles. The summed E-state index contributed by atoms with van der Waals surface area (Å²) < 4.78 is 10.4. The minimum atomic E-state index is -1.08. The number of nitro benzene ring substituents is 1. The molecule has 2 amide bonds. The van der Waals surface area contributed by atoms with Gasteiger partial charge < -0.3 is 14.4 Å². The maximum atomic E-state index is 14.2. The fraction of sp³-hybridized carbons (Fsp3) is 0.200. The molecule has 11 nitrogen and oxygen atoms in total. The van der Waals surface area contributed by atoms with Gasteiger partial charge in [0.15, 0.2) is 5.78 Å². The van der Waals surface area contributed by atoms with Crippen molar-refractivity contribution < 1.29 is 33.6 Å². The fourth-order valence-electron chi connectivity index (χ4n) is 6.04. The van der Waals surface area contributed by atoms with Crippen molar-refractivity contribution >= 4 is 46.7 Å². The molecule has 3 aliphatic rings. The molecule has 2 fully saturated rings. The Labute approximate surface area is 233 Å². The topological polar surface area (TPSA) is 136 Å². The average molecular weight is 554 g/mol. The van der Waals surface area contributed by atoms with Gasteiger partial charge in [-0.15, -0.1) is 0 Å². The van der Waals surface area contributed by atoms with Gasteiger partial charge in [-0.05, 0) is 42.0 Å². The number of non-ortho nitro benzene ring substituents is 1. The van der Waals surface area contributed by atoms with Crippen LogP contribution >= 0.6 is 0 Å². The quantitative estimate of drug-likeness (QED) is 0.111. The molecule has 0 unspecified atom stereocenters. The maximum absolute atomic E-state index is 14.2. The van der Waals surface area contributed by atoms with E-state index in [0.717, 1.165) is 16.5 Å². The van der Waals surface area contributed by atoms with Crippen molar-refractivity contribution in [2.75, 3.05) is 16.9 Å². The Hall–Kier alpha value is -5.32. The Morgan fingerprint density at radius 3 is 2.32 bits per heavy atom. The van der Waals surface area contributed by atoms with Crippen LogP contribution in [0.15, 0.2) is 72.8 Å². The van der Waals surface area contributed by atoms with E-state index in [1.807, 2.05) is 41.3 Å². The number of fused-ring (bicyclic) bond motifs is 5. The number of amides is 2. The van der Waals surface area contributed by atoms with Gasteiger partial charge >= 0.3 is 5.97 Å². The van der Waals surface area contributed by atoms with Crippen LogP contribution in [0.25, 0.3) is 6.08 Å². The molecule has 0 spiro atoms. The highest BCUT2D eigenvalue weighted by Gasteiger charge is 2.64. The highest BCUT2D eigenvalue weighted by Crippen LogP contribution is 2.51. The molecular formula is C30H23N3O8. The number of ether oxygens (including phenoxy) is 2. The van der Waals surface area contributed by atoms with Crippen LogP contribution in [0, 0.1) is 22.0 Å². The summed E-state index contributed by atoms with van der Waals surface area (Å²) in [6, 6.07) is 15.4. The molecular weight excluding hydrogens is 530 g/mol. The molecule has 4 atom stereocenters. The second kappa shape index (κ2) is 9.70. The van der Waals surface area contributed by atoms with Gasteiger partial charge in [-0.2, -0.15) is 0 Å². The Kier molecular flexibility index (Phi) is 6.14. The van der Waals surface area contributed by atoms with Crippen molar-refractivity contribution in [2.45, 2.75) is 19.0 Å². The summed E-state index contributed by atoms with van der Waals surface area (Å²) in [4.78, 5) is 67.3. The summed E-state index contributed by atoms with van der Waals surface area (Å²) in [7, 11) is 1.34. The standard InChI is InChI=1S/C30H23N3O8/c1-16(34)41-20-11-7-18(8-12-20)28(35)27-26-25(22-13-9-17-5-3-4-6-21(17)31(22)27)29(36)32(30(26)37)23-15-19(33(38)39)10-14-24(23)40-2/h3-15,22,25-27H,1-2H3/t22-,25-,26-,27+/m1/s1. The summed E-state index contributed by atoms with van der Waals surface area (Å²) in [5.41, 5.74) is 1.46. The highest BCUT2D eigenvalue weighted by atomic mass is 16.6. The number of esters is 1. The third-order valence-electron chi connectivity index (χ3n) is 7.70. The zero-order valence-electron chi connectivity index (χ0n) is 21.9. The molecule has 3 heterocycles. The molecule has 3 aliphatic heterocycles. The number of hydrogen-bond acceptors (Lipinski definition) is 9. The van der Waals surface area contributed by atoms with Crippen LogP contribution in [0.1, 0.15) is 22.8 Å². The Morgan fingerprint density at radius 2 is 1.63 bits per heavy atom. The molecule has 0 N–H and O–H groups in total. The van der Waals surface area contributed by atoms with Crippen molar-refractivity contribution in [1.82, 2.24) is 0 Å². The first-order valence-electron chi connectivity index (χ1n) is 12.8. The predicted octanol–water partition coefficient (Wildman–Crippen LogP) is 3.80. The van der Waals surface area contributed by atoms with Crippen LogP contribution in [0.4, 0.5) is 17.1 Å². The van der Waals surface area contributed by atoms with Crippen LogP contribution in [0.2, 0.25) is 0 Å². The first-order chi connectivity index (χ1) is 19.7. The lowest BCUT2D eigenvalue weighted by Gasteiger charge is -2.36. The third kappa shape index (κ3) is 4.05. The van der Waals surface area contributed by atoms with Crippen LogP contribution in [0.3, 0.4) is 0 Å². The molecule has 0 aliphatic carbocycles. The lowest BCUT2D eigenvalue weighted by atomic mass is 9.86. The number of hydrogen-bond donors (Lipinski definition) is 0. The van der Waals surface area contributed by atoms with Crippen molar-refractivity contribution in [1.29, 1.82) is 0 Å². The highest BCUT2D eigenvalue weighted by molar-refractivity contribution is 6.26. The molecule has 6 rings (SSSR count). The van der Waals surface area contributed by atoms with Gasteiger partial charge in [0, 0.05) is 30.3 Å². The summed E-state index contributed by atoms with van der Waals surface area (Å²) in [5.74, 6) is -3.74.